The van der Waals surface area contributed by atoms with Gasteiger partial charge in [-0.25, -0.2) is 8.78 Å². The van der Waals surface area contributed by atoms with E-state index in [1.165, 1.54) is 0 Å². The highest BCUT2D eigenvalue weighted by Crippen LogP contribution is 2.19. The monoisotopic (exact) mass is 274 g/mol. The third-order valence-electron chi connectivity index (χ3n) is 2.53. The first-order valence-electron chi connectivity index (χ1n) is 5.95. The van der Waals surface area contributed by atoms with Gasteiger partial charge in [0.2, 0.25) is 0 Å². The maximum atomic E-state index is 13.4. The Bertz CT molecular complexity index is 657. The number of halogens is 2. The van der Waals surface area contributed by atoms with E-state index in [0.29, 0.717) is 0 Å². The number of aliphatic hydroxyl groups excluding tert-OH is 1. The number of aliphatic hydroxyl groups is 1. The van der Waals surface area contributed by atoms with Gasteiger partial charge in [-0.05, 0) is 29.8 Å². The third kappa shape index (κ3) is 3.81. The number of hydrogen-bond donors (Lipinski definition) is 1. The molecule has 2 aromatic rings. The molecule has 2 aromatic carbocycles. The Morgan fingerprint density at radius 3 is 2.75 bits per heavy atom. The van der Waals surface area contributed by atoms with Crippen LogP contribution in [0.4, 0.5) is 8.78 Å². The summed E-state index contributed by atoms with van der Waals surface area (Å²) < 4.78 is 31.6. The molecule has 2 rings (SSSR count). The van der Waals surface area contributed by atoms with Crippen LogP contribution in [0, 0.1) is 23.5 Å². The molecule has 1 N–H and O–H groups in total. The zero-order valence-electron chi connectivity index (χ0n) is 10.6. The van der Waals surface area contributed by atoms with Gasteiger partial charge in [-0.3, -0.25) is 0 Å². The van der Waals surface area contributed by atoms with E-state index in [2.05, 4.69) is 11.8 Å². The summed E-state index contributed by atoms with van der Waals surface area (Å²) in [4.78, 5) is 0. The van der Waals surface area contributed by atoms with Gasteiger partial charge >= 0.3 is 0 Å². The van der Waals surface area contributed by atoms with Crippen molar-refractivity contribution in [3.63, 3.8) is 0 Å². The van der Waals surface area contributed by atoms with Gasteiger partial charge in [-0.1, -0.05) is 24.0 Å². The van der Waals surface area contributed by atoms with Crippen molar-refractivity contribution >= 4 is 0 Å². The lowest BCUT2D eigenvalue weighted by Crippen LogP contribution is -1.98. The SMILES string of the molecule is OCC#Cc1cccc(COc2cc(F)ccc2F)c1. The fourth-order valence-corrected chi connectivity index (χ4v) is 1.63. The largest absolute Gasteiger partial charge is 0.486 e. The Balaban J connectivity index is 2.09. The van der Waals surface area contributed by atoms with Crippen molar-refractivity contribution in [3.05, 3.63) is 65.2 Å². The van der Waals surface area contributed by atoms with Crippen LogP contribution in [0.5, 0.6) is 5.75 Å². The molecule has 0 saturated carbocycles. The van der Waals surface area contributed by atoms with E-state index in [1.807, 2.05) is 0 Å². The normalized spacial score (nSPS) is 9.75. The first kappa shape index (κ1) is 14.0. The van der Waals surface area contributed by atoms with Crippen LogP contribution in [-0.2, 0) is 6.61 Å². The lowest BCUT2D eigenvalue weighted by Gasteiger charge is -2.07. The molecule has 0 saturated heterocycles. The summed E-state index contributed by atoms with van der Waals surface area (Å²) in [5.41, 5.74) is 1.50. The number of rotatable bonds is 3. The van der Waals surface area contributed by atoms with E-state index in [0.717, 1.165) is 29.3 Å². The minimum atomic E-state index is -0.609. The van der Waals surface area contributed by atoms with E-state index in [-0.39, 0.29) is 19.0 Å². The second-order valence-electron chi connectivity index (χ2n) is 4.02. The Morgan fingerprint density at radius 2 is 1.95 bits per heavy atom. The smallest absolute Gasteiger partial charge is 0.165 e. The molecule has 0 amide bonds. The molecule has 0 atom stereocenters. The second-order valence-corrected chi connectivity index (χ2v) is 4.02. The molecule has 4 heteroatoms. The van der Waals surface area contributed by atoms with Crippen molar-refractivity contribution in [2.24, 2.45) is 0 Å². The van der Waals surface area contributed by atoms with Crippen LogP contribution in [0.3, 0.4) is 0 Å². The molecule has 0 fully saturated rings. The van der Waals surface area contributed by atoms with Crippen LogP contribution in [0.15, 0.2) is 42.5 Å². The van der Waals surface area contributed by atoms with Crippen LogP contribution in [0.1, 0.15) is 11.1 Å². The van der Waals surface area contributed by atoms with Gasteiger partial charge in [0.1, 0.15) is 19.0 Å². The van der Waals surface area contributed by atoms with E-state index >= 15 is 0 Å². The van der Waals surface area contributed by atoms with Gasteiger partial charge in [0, 0.05) is 11.6 Å². The molecule has 0 aliphatic carbocycles. The number of benzene rings is 2. The van der Waals surface area contributed by atoms with E-state index < -0.39 is 11.6 Å². The molecule has 20 heavy (non-hydrogen) atoms. The maximum Gasteiger partial charge on any atom is 0.165 e. The number of ether oxygens (including phenoxy) is 1. The summed E-state index contributed by atoms with van der Waals surface area (Å²) in [7, 11) is 0. The zero-order chi connectivity index (χ0) is 14.4. The first-order chi connectivity index (χ1) is 9.69. The molecule has 0 aliphatic heterocycles. The fourth-order valence-electron chi connectivity index (χ4n) is 1.63. The summed E-state index contributed by atoms with van der Waals surface area (Å²) >= 11 is 0. The molecule has 2 nitrogen and oxygen atoms in total. The Hall–Kier alpha value is -2.38. The lowest BCUT2D eigenvalue weighted by molar-refractivity contribution is 0.288. The fraction of sp³-hybridized carbons (Fsp3) is 0.125. The minimum absolute atomic E-state index is 0.106. The molecule has 0 unspecified atom stereocenters. The van der Waals surface area contributed by atoms with Crippen LogP contribution in [0.25, 0.3) is 0 Å². The van der Waals surface area contributed by atoms with Gasteiger partial charge in [-0.15, -0.1) is 0 Å². The van der Waals surface area contributed by atoms with Gasteiger partial charge < -0.3 is 9.84 Å². The van der Waals surface area contributed by atoms with Gasteiger partial charge in [0.05, 0.1) is 0 Å². The Morgan fingerprint density at radius 1 is 1.10 bits per heavy atom. The van der Waals surface area contributed by atoms with Crippen molar-refractivity contribution in [3.8, 4) is 17.6 Å². The first-order valence-corrected chi connectivity index (χ1v) is 5.95. The van der Waals surface area contributed by atoms with Crippen molar-refractivity contribution in [2.45, 2.75) is 6.61 Å². The molecule has 0 aliphatic rings. The highest BCUT2D eigenvalue weighted by Gasteiger charge is 2.05. The molecule has 0 bridgehead atoms. The summed E-state index contributed by atoms with van der Waals surface area (Å²) in [5, 5.41) is 8.63. The molecular weight excluding hydrogens is 262 g/mol. The minimum Gasteiger partial charge on any atom is -0.486 e. The van der Waals surface area contributed by atoms with Gasteiger partial charge in [0.15, 0.2) is 11.6 Å². The Kier molecular flexibility index (Phi) is 4.70. The zero-order valence-corrected chi connectivity index (χ0v) is 10.6. The van der Waals surface area contributed by atoms with Crippen LogP contribution in [-0.4, -0.2) is 11.7 Å². The van der Waals surface area contributed by atoms with E-state index in [9.17, 15) is 8.78 Å². The molecular formula is C16H12F2O2. The highest BCUT2D eigenvalue weighted by molar-refractivity contribution is 5.37. The van der Waals surface area contributed by atoms with E-state index in [1.54, 1.807) is 24.3 Å². The number of hydrogen-bond acceptors (Lipinski definition) is 2. The molecule has 0 spiro atoms. The van der Waals surface area contributed by atoms with Crippen molar-refractivity contribution in [2.75, 3.05) is 6.61 Å². The average molecular weight is 274 g/mol. The second kappa shape index (κ2) is 6.69. The van der Waals surface area contributed by atoms with Crippen molar-refractivity contribution < 1.29 is 18.6 Å². The summed E-state index contributed by atoms with van der Waals surface area (Å²) in [6.07, 6.45) is 0. The molecule has 102 valence electrons. The van der Waals surface area contributed by atoms with Crippen LogP contribution in [0.2, 0.25) is 0 Å². The summed E-state index contributed by atoms with van der Waals surface area (Å²) in [5.74, 6) is 4.01. The Labute approximate surface area is 115 Å². The quantitative estimate of drug-likeness (QED) is 0.872. The molecule has 0 heterocycles. The summed E-state index contributed by atoms with van der Waals surface area (Å²) in [6, 6.07) is 10.2. The standard InChI is InChI=1S/C16H12F2O2/c17-14-6-7-15(18)16(10-14)20-11-13-4-1-3-12(9-13)5-2-8-19/h1,3-4,6-7,9-10,19H,8,11H2. The third-order valence-corrected chi connectivity index (χ3v) is 2.53. The van der Waals surface area contributed by atoms with Gasteiger partial charge in [-0.2, -0.15) is 0 Å². The summed E-state index contributed by atoms with van der Waals surface area (Å²) in [6.45, 7) is -0.107. The molecule has 0 aromatic heterocycles. The van der Waals surface area contributed by atoms with Crippen LogP contribution >= 0.6 is 0 Å². The predicted molar refractivity (Wildman–Crippen MR) is 71.1 cm³/mol. The highest BCUT2D eigenvalue weighted by atomic mass is 19.1. The van der Waals surface area contributed by atoms with Crippen molar-refractivity contribution in [1.29, 1.82) is 0 Å². The van der Waals surface area contributed by atoms with E-state index in [4.69, 9.17) is 9.84 Å². The molecule has 0 radical (unpaired) electrons. The van der Waals surface area contributed by atoms with Crippen molar-refractivity contribution in [1.82, 2.24) is 0 Å². The topological polar surface area (TPSA) is 29.5 Å². The van der Waals surface area contributed by atoms with Gasteiger partial charge in [0.25, 0.3) is 0 Å². The van der Waals surface area contributed by atoms with Crippen LogP contribution < -0.4 is 4.74 Å². The average Bonchev–Trinajstić information content (AvgIpc) is 2.46. The lowest BCUT2D eigenvalue weighted by atomic mass is 10.1. The maximum absolute atomic E-state index is 13.4. The predicted octanol–water partition coefficient (Wildman–Crippen LogP) is 2.89.